The monoisotopic (exact) mass is 266 g/mol. The van der Waals surface area contributed by atoms with E-state index >= 15 is 0 Å². The molecule has 1 nitrogen and oxygen atoms in total. The second-order valence-corrected chi connectivity index (χ2v) is 5.29. The summed E-state index contributed by atoms with van der Waals surface area (Å²) in [4.78, 5) is 2.42. The predicted octanol–water partition coefficient (Wildman–Crippen LogP) is 5.09. The maximum Gasteiger partial charge on any atom is 0.138 e. The molecule has 3 aromatic rings. The summed E-state index contributed by atoms with van der Waals surface area (Å²) in [5.41, 5.74) is 2.43. The van der Waals surface area contributed by atoms with Crippen LogP contribution in [-0.2, 0) is 0 Å². The first-order chi connectivity index (χ1) is 9.38. The Hall–Kier alpha value is -2.06. The Balaban J connectivity index is 2.09. The minimum Gasteiger partial charge on any atom is -0.495 e. The largest absolute Gasteiger partial charge is 0.495 e. The summed E-state index contributed by atoms with van der Waals surface area (Å²) in [6.45, 7) is 0. The highest BCUT2D eigenvalue weighted by Gasteiger charge is 2.12. The Morgan fingerprint density at radius 2 is 1.37 bits per heavy atom. The van der Waals surface area contributed by atoms with E-state index in [0.717, 1.165) is 5.75 Å². The van der Waals surface area contributed by atoms with E-state index in [-0.39, 0.29) is 0 Å². The first kappa shape index (κ1) is 12.0. The zero-order chi connectivity index (χ0) is 13.1. The fourth-order valence-electron chi connectivity index (χ4n) is 2.06. The maximum absolute atomic E-state index is 5.51. The molecule has 0 aliphatic rings. The summed E-state index contributed by atoms with van der Waals surface area (Å²) in [6, 6.07) is 22.9. The molecule has 0 fully saturated rings. The van der Waals surface area contributed by atoms with Crippen molar-refractivity contribution in [3.05, 3.63) is 66.7 Å². The van der Waals surface area contributed by atoms with Gasteiger partial charge in [-0.1, -0.05) is 60.7 Å². The maximum atomic E-state index is 5.51. The van der Waals surface area contributed by atoms with Crippen LogP contribution in [0.1, 0.15) is 0 Å². The first-order valence-electron chi connectivity index (χ1n) is 6.17. The minimum absolute atomic E-state index is 0.940. The smallest absolute Gasteiger partial charge is 0.138 e. The average molecular weight is 266 g/mol. The Bertz CT molecular complexity index is 656. The van der Waals surface area contributed by atoms with Crippen LogP contribution in [0.5, 0.6) is 5.75 Å². The molecule has 3 rings (SSSR count). The fourth-order valence-corrected chi connectivity index (χ4v) is 3.20. The van der Waals surface area contributed by atoms with Crippen molar-refractivity contribution in [3.63, 3.8) is 0 Å². The van der Waals surface area contributed by atoms with Gasteiger partial charge in [0.15, 0.2) is 0 Å². The van der Waals surface area contributed by atoms with Crippen LogP contribution in [0.4, 0.5) is 0 Å². The number of hydrogen-bond acceptors (Lipinski definition) is 2. The first-order valence-corrected chi connectivity index (χ1v) is 6.99. The van der Waals surface area contributed by atoms with Crippen molar-refractivity contribution in [2.75, 3.05) is 7.11 Å². The van der Waals surface area contributed by atoms with Gasteiger partial charge in [-0.05, 0) is 17.2 Å². The lowest BCUT2D eigenvalue weighted by Crippen LogP contribution is -1.81. The normalized spacial score (nSPS) is 10.4. The zero-order valence-electron chi connectivity index (χ0n) is 10.7. The van der Waals surface area contributed by atoms with E-state index in [0.29, 0.717) is 0 Å². The quantitative estimate of drug-likeness (QED) is 0.641. The van der Waals surface area contributed by atoms with Crippen LogP contribution in [-0.4, -0.2) is 7.11 Å². The van der Waals surface area contributed by atoms with Crippen molar-refractivity contribution in [2.45, 2.75) is 0 Å². The number of methoxy groups -OCH3 is 1. The van der Waals surface area contributed by atoms with Gasteiger partial charge in [0, 0.05) is 4.88 Å². The van der Waals surface area contributed by atoms with Crippen LogP contribution in [0.25, 0.3) is 20.9 Å². The third-order valence-corrected chi connectivity index (χ3v) is 4.23. The SMILES string of the molecule is COc1cc(-c2ccccc2)sc1-c1ccccc1. The molecule has 0 amide bonds. The summed E-state index contributed by atoms with van der Waals surface area (Å²) in [5.74, 6) is 0.940. The van der Waals surface area contributed by atoms with Crippen molar-refractivity contribution in [3.8, 4) is 26.6 Å². The van der Waals surface area contributed by atoms with Crippen molar-refractivity contribution < 1.29 is 4.74 Å². The van der Waals surface area contributed by atoms with Gasteiger partial charge in [0.05, 0.1) is 12.0 Å². The van der Waals surface area contributed by atoms with E-state index in [9.17, 15) is 0 Å². The molecule has 0 unspecified atom stereocenters. The van der Waals surface area contributed by atoms with Crippen LogP contribution in [0.15, 0.2) is 66.7 Å². The van der Waals surface area contributed by atoms with Crippen molar-refractivity contribution >= 4 is 11.3 Å². The number of ether oxygens (including phenoxy) is 1. The van der Waals surface area contributed by atoms with Crippen LogP contribution < -0.4 is 4.74 Å². The lowest BCUT2D eigenvalue weighted by molar-refractivity contribution is 0.418. The Labute approximate surface area is 117 Å². The van der Waals surface area contributed by atoms with E-state index in [1.807, 2.05) is 12.1 Å². The molecule has 0 atom stereocenters. The second-order valence-electron chi connectivity index (χ2n) is 4.24. The van der Waals surface area contributed by atoms with Gasteiger partial charge in [-0.25, -0.2) is 0 Å². The standard InChI is InChI=1S/C17H14OS/c1-18-15-12-16(13-8-4-2-5-9-13)19-17(15)14-10-6-3-7-11-14/h2-12H,1H3. The molecule has 0 saturated carbocycles. The Morgan fingerprint density at radius 1 is 0.789 bits per heavy atom. The van der Waals surface area contributed by atoms with Gasteiger partial charge in [0.1, 0.15) is 5.75 Å². The number of rotatable bonds is 3. The summed E-state index contributed by atoms with van der Waals surface area (Å²) in [6.07, 6.45) is 0. The molecule has 19 heavy (non-hydrogen) atoms. The molecule has 2 heteroatoms. The Kier molecular flexibility index (Phi) is 3.34. The van der Waals surface area contributed by atoms with Gasteiger partial charge in [-0.15, -0.1) is 11.3 Å². The predicted molar refractivity (Wildman–Crippen MR) is 81.7 cm³/mol. The van der Waals surface area contributed by atoms with Gasteiger partial charge >= 0.3 is 0 Å². The lowest BCUT2D eigenvalue weighted by Gasteiger charge is -2.01. The third kappa shape index (κ3) is 2.40. The number of hydrogen-bond donors (Lipinski definition) is 0. The highest BCUT2D eigenvalue weighted by Crippen LogP contribution is 2.42. The van der Waals surface area contributed by atoms with Gasteiger partial charge in [0.25, 0.3) is 0 Å². The zero-order valence-corrected chi connectivity index (χ0v) is 11.5. The lowest BCUT2D eigenvalue weighted by atomic mass is 10.1. The highest BCUT2D eigenvalue weighted by molar-refractivity contribution is 7.19. The molecule has 1 aromatic heterocycles. The molecule has 0 bridgehead atoms. The van der Waals surface area contributed by atoms with E-state index in [1.165, 1.54) is 20.9 Å². The van der Waals surface area contributed by atoms with E-state index < -0.39 is 0 Å². The fraction of sp³-hybridized carbons (Fsp3) is 0.0588. The van der Waals surface area contributed by atoms with E-state index in [4.69, 9.17) is 4.74 Å². The molecule has 0 N–H and O–H groups in total. The van der Waals surface area contributed by atoms with E-state index in [2.05, 4.69) is 54.6 Å². The third-order valence-electron chi connectivity index (χ3n) is 3.01. The molecule has 1 heterocycles. The van der Waals surface area contributed by atoms with Crippen LogP contribution in [0.3, 0.4) is 0 Å². The highest BCUT2D eigenvalue weighted by atomic mass is 32.1. The summed E-state index contributed by atoms with van der Waals surface area (Å²) in [7, 11) is 1.73. The Morgan fingerprint density at radius 3 is 1.95 bits per heavy atom. The summed E-state index contributed by atoms with van der Waals surface area (Å²) >= 11 is 1.77. The molecule has 0 radical (unpaired) electrons. The van der Waals surface area contributed by atoms with Crippen molar-refractivity contribution in [1.82, 2.24) is 0 Å². The summed E-state index contributed by atoms with van der Waals surface area (Å²) in [5, 5.41) is 0. The number of thiophene rings is 1. The van der Waals surface area contributed by atoms with Gasteiger partial charge in [-0.3, -0.25) is 0 Å². The molecule has 0 saturated heterocycles. The van der Waals surface area contributed by atoms with Crippen molar-refractivity contribution in [1.29, 1.82) is 0 Å². The molecule has 0 aliphatic heterocycles. The molecule has 94 valence electrons. The van der Waals surface area contributed by atoms with Gasteiger partial charge < -0.3 is 4.74 Å². The van der Waals surface area contributed by atoms with Crippen LogP contribution >= 0.6 is 11.3 Å². The topological polar surface area (TPSA) is 9.23 Å². The molecule has 0 spiro atoms. The number of benzene rings is 2. The van der Waals surface area contributed by atoms with Crippen LogP contribution in [0.2, 0.25) is 0 Å². The van der Waals surface area contributed by atoms with Gasteiger partial charge in [-0.2, -0.15) is 0 Å². The van der Waals surface area contributed by atoms with Crippen molar-refractivity contribution in [2.24, 2.45) is 0 Å². The molecule has 2 aromatic carbocycles. The average Bonchev–Trinajstić information content (AvgIpc) is 2.93. The second kappa shape index (κ2) is 5.29. The van der Waals surface area contributed by atoms with Gasteiger partial charge in [0.2, 0.25) is 0 Å². The molecular weight excluding hydrogens is 252 g/mol. The molecule has 0 aliphatic carbocycles. The molecular formula is C17H14OS. The summed E-state index contributed by atoms with van der Waals surface area (Å²) < 4.78 is 5.51. The van der Waals surface area contributed by atoms with Crippen LogP contribution in [0, 0.1) is 0 Å². The van der Waals surface area contributed by atoms with E-state index in [1.54, 1.807) is 18.4 Å². The minimum atomic E-state index is 0.940.